The molecule has 1 saturated heterocycles. The van der Waals surface area contributed by atoms with Gasteiger partial charge in [-0.25, -0.2) is 0 Å². The van der Waals surface area contributed by atoms with Gasteiger partial charge in [0.25, 0.3) is 0 Å². The fourth-order valence-electron chi connectivity index (χ4n) is 2.44. The molecule has 2 N–H and O–H groups in total. The van der Waals surface area contributed by atoms with Crippen molar-refractivity contribution in [3.63, 3.8) is 0 Å². The largest absolute Gasteiger partial charge is 0.376 e. The van der Waals surface area contributed by atoms with Gasteiger partial charge >= 0.3 is 0 Å². The minimum atomic E-state index is 0.260. The van der Waals surface area contributed by atoms with Gasteiger partial charge < -0.3 is 10.5 Å². The first-order chi connectivity index (χ1) is 8.74. The van der Waals surface area contributed by atoms with Crippen molar-refractivity contribution in [3.8, 4) is 0 Å². The van der Waals surface area contributed by atoms with Crippen LogP contribution in [0.1, 0.15) is 30.6 Å². The lowest BCUT2D eigenvalue weighted by Crippen LogP contribution is -2.46. The number of hydrogen-bond acceptors (Lipinski definition) is 4. The number of nitrogens with zero attached hydrogens (tertiary/aromatic N) is 2. The molecule has 1 aromatic heterocycles. The molecule has 2 atom stereocenters. The number of pyridine rings is 1. The maximum Gasteiger partial charge on any atom is 0.0700 e. The summed E-state index contributed by atoms with van der Waals surface area (Å²) in [4.78, 5) is 6.79. The van der Waals surface area contributed by atoms with Gasteiger partial charge in [-0.1, -0.05) is 13.0 Å². The van der Waals surface area contributed by atoms with Crippen LogP contribution in [0.2, 0.25) is 0 Å². The second-order valence-electron chi connectivity index (χ2n) is 4.88. The van der Waals surface area contributed by atoms with E-state index < -0.39 is 0 Å². The average molecular weight is 249 g/mol. The van der Waals surface area contributed by atoms with E-state index in [-0.39, 0.29) is 6.04 Å². The molecular formula is C14H23N3O. The Balaban J connectivity index is 2.10. The van der Waals surface area contributed by atoms with Gasteiger partial charge in [-0.2, -0.15) is 0 Å². The first-order valence-electron chi connectivity index (χ1n) is 6.72. The number of hydrogen-bond donors (Lipinski definition) is 1. The molecule has 1 aliphatic heterocycles. The van der Waals surface area contributed by atoms with Gasteiger partial charge in [0.1, 0.15) is 0 Å². The lowest BCUT2D eigenvalue weighted by atomic mass is 10.1. The van der Waals surface area contributed by atoms with Crippen molar-refractivity contribution < 1.29 is 4.74 Å². The van der Waals surface area contributed by atoms with Crippen LogP contribution in [0.25, 0.3) is 0 Å². The highest BCUT2D eigenvalue weighted by Crippen LogP contribution is 2.22. The molecule has 0 spiro atoms. The summed E-state index contributed by atoms with van der Waals surface area (Å²) < 4.78 is 5.71. The van der Waals surface area contributed by atoms with Crippen molar-refractivity contribution in [2.24, 2.45) is 5.73 Å². The van der Waals surface area contributed by atoms with E-state index in [2.05, 4.69) is 28.9 Å². The Morgan fingerprint density at radius 1 is 1.56 bits per heavy atom. The average Bonchev–Trinajstić information content (AvgIpc) is 2.42. The highest BCUT2D eigenvalue weighted by atomic mass is 16.5. The van der Waals surface area contributed by atoms with Gasteiger partial charge in [0.15, 0.2) is 0 Å². The second-order valence-corrected chi connectivity index (χ2v) is 4.88. The Morgan fingerprint density at radius 3 is 3.00 bits per heavy atom. The molecule has 0 aliphatic carbocycles. The predicted octanol–water partition coefficient (Wildman–Crippen LogP) is 1.50. The molecule has 100 valence electrons. The minimum absolute atomic E-state index is 0.260. The van der Waals surface area contributed by atoms with Crippen LogP contribution in [0.4, 0.5) is 0 Å². The molecule has 4 nitrogen and oxygen atoms in total. The smallest absolute Gasteiger partial charge is 0.0700 e. The van der Waals surface area contributed by atoms with Crippen molar-refractivity contribution in [2.75, 3.05) is 26.2 Å². The van der Waals surface area contributed by atoms with E-state index in [1.165, 1.54) is 5.56 Å². The van der Waals surface area contributed by atoms with Crippen LogP contribution in [0.5, 0.6) is 0 Å². The Hall–Kier alpha value is -0.970. The number of rotatable bonds is 4. The van der Waals surface area contributed by atoms with Crippen molar-refractivity contribution in [1.29, 1.82) is 0 Å². The molecule has 0 radical (unpaired) electrons. The summed E-state index contributed by atoms with van der Waals surface area (Å²) in [7, 11) is 0. The highest BCUT2D eigenvalue weighted by molar-refractivity contribution is 5.18. The summed E-state index contributed by atoms with van der Waals surface area (Å²) in [6, 6.07) is 4.45. The maximum absolute atomic E-state index is 5.95. The Morgan fingerprint density at radius 2 is 2.39 bits per heavy atom. The normalized spacial score (nSPS) is 22.9. The number of aryl methyl sites for hydroxylation is 1. The van der Waals surface area contributed by atoms with E-state index in [0.717, 1.165) is 31.8 Å². The van der Waals surface area contributed by atoms with Crippen LogP contribution in [-0.4, -0.2) is 42.2 Å². The quantitative estimate of drug-likeness (QED) is 0.878. The van der Waals surface area contributed by atoms with E-state index in [1.807, 2.05) is 13.1 Å². The van der Waals surface area contributed by atoms with E-state index in [9.17, 15) is 0 Å². The maximum atomic E-state index is 5.95. The van der Waals surface area contributed by atoms with Gasteiger partial charge in [-0.05, 0) is 25.0 Å². The zero-order valence-corrected chi connectivity index (χ0v) is 11.3. The van der Waals surface area contributed by atoms with Crippen LogP contribution in [0.15, 0.2) is 18.3 Å². The number of nitrogens with two attached hydrogens (primary N) is 1. The SMILES string of the molecule is CCC1CN(C(CN)c2ccc(C)nc2)CCO1. The van der Waals surface area contributed by atoms with Crippen molar-refractivity contribution in [3.05, 3.63) is 29.6 Å². The van der Waals surface area contributed by atoms with Crippen LogP contribution in [0, 0.1) is 6.92 Å². The summed E-state index contributed by atoms with van der Waals surface area (Å²) in [5.74, 6) is 0. The lowest BCUT2D eigenvalue weighted by molar-refractivity contribution is -0.0437. The zero-order chi connectivity index (χ0) is 13.0. The molecule has 2 unspecified atom stereocenters. The monoisotopic (exact) mass is 249 g/mol. The van der Waals surface area contributed by atoms with Gasteiger partial charge in [0, 0.05) is 37.6 Å². The number of aromatic nitrogens is 1. The van der Waals surface area contributed by atoms with E-state index >= 15 is 0 Å². The Kier molecular flexibility index (Phi) is 4.69. The number of morpholine rings is 1. The standard InChI is InChI=1S/C14H23N3O/c1-3-13-10-17(6-7-18-13)14(8-15)12-5-4-11(2)16-9-12/h4-5,9,13-14H,3,6-8,10,15H2,1-2H3. The Labute approximate surface area is 109 Å². The topological polar surface area (TPSA) is 51.4 Å². The molecule has 1 aliphatic rings. The van der Waals surface area contributed by atoms with E-state index in [1.54, 1.807) is 0 Å². The second kappa shape index (κ2) is 6.27. The van der Waals surface area contributed by atoms with Gasteiger partial charge in [0.05, 0.1) is 12.7 Å². The van der Waals surface area contributed by atoms with E-state index in [4.69, 9.17) is 10.5 Å². The fraction of sp³-hybridized carbons (Fsp3) is 0.643. The van der Waals surface area contributed by atoms with E-state index in [0.29, 0.717) is 12.6 Å². The van der Waals surface area contributed by atoms with Crippen LogP contribution in [-0.2, 0) is 4.74 Å². The highest BCUT2D eigenvalue weighted by Gasteiger charge is 2.25. The molecule has 0 bridgehead atoms. The summed E-state index contributed by atoms with van der Waals surface area (Å²) in [5.41, 5.74) is 8.20. The van der Waals surface area contributed by atoms with Gasteiger partial charge in [-0.3, -0.25) is 9.88 Å². The number of ether oxygens (including phenoxy) is 1. The molecule has 18 heavy (non-hydrogen) atoms. The third-order valence-electron chi connectivity index (χ3n) is 3.61. The summed E-state index contributed by atoms with van der Waals surface area (Å²) >= 11 is 0. The molecule has 1 aromatic rings. The molecule has 4 heteroatoms. The lowest BCUT2D eigenvalue weighted by Gasteiger charge is -2.37. The summed E-state index contributed by atoms with van der Waals surface area (Å²) in [6.45, 7) is 7.51. The van der Waals surface area contributed by atoms with Crippen molar-refractivity contribution in [2.45, 2.75) is 32.4 Å². The zero-order valence-electron chi connectivity index (χ0n) is 11.3. The first-order valence-corrected chi connectivity index (χ1v) is 6.72. The summed E-state index contributed by atoms with van der Waals surface area (Å²) in [6.07, 6.45) is 3.34. The molecule has 0 saturated carbocycles. The molecule has 1 fully saturated rings. The van der Waals surface area contributed by atoms with Crippen molar-refractivity contribution >= 4 is 0 Å². The first kappa shape index (κ1) is 13.5. The molecule has 2 heterocycles. The molecule has 0 amide bonds. The van der Waals surface area contributed by atoms with Crippen LogP contribution in [0.3, 0.4) is 0 Å². The Bertz CT molecular complexity index is 366. The predicted molar refractivity (Wildman–Crippen MR) is 72.4 cm³/mol. The van der Waals surface area contributed by atoms with Crippen LogP contribution >= 0.6 is 0 Å². The van der Waals surface area contributed by atoms with Crippen LogP contribution < -0.4 is 5.73 Å². The summed E-state index contributed by atoms with van der Waals surface area (Å²) in [5, 5.41) is 0. The van der Waals surface area contributed by atoms with Crippen molar-refractivity contribution in [1.82, 2.24) is 9.88 Å². The molecule has 0 aromatic carbocycles. The minimum Gasteiger partial charge on any atom is -0.376 e. The fourth-order valence-corrected chi connectivity index (χ4v) is 2.44. The van der Waals surface area contributed by atoms with Gasteiger partial charge in [-0.15, -0.1) is 0 Å². The molecule has 2 rings (SSSR count). The van der Waals surface area contributed by atoms with Gasteiger partial charge in [0.2, 0.25) is 0 Å². The third-order valence-corrected chi connectivity index (χ3v) is 3.61. The third kappa shape index (κ3) is 3.07. The molecular weight excluding hydrogens is 226 g/mol.